The predicted octanol–water partition coefficient (Wildman–Crippen LogP) is 0.975. The lowest BCUT2D eigenvalue weighted by molar-refractivity contribution is -0.131. The van der Waals surface area contributed by atoms with Crippen molar-refractivity contribution in [2.24, 2.45) is 5.73 Å². The lowest BCUT2D eigenvalue weighted by atomic mass is 10.2. The van der Waals surface area contributed by atoms with Crippen LogP contribution in [-0.2, 0) is 11.3 Å². The molecule has 4 heteroatoms. The van der Waals surface area contributed by atoms with Crippen molar-refractivity contribution in [2.45, 2.75) is 25.9 Å². The van der Waals surface area contributed by atoms with E-state index in [1.165, 1.54) is 0 Å². The van der Waals surface area contributed by atoms with Crippen LogP contribution in [0, 0.1) is 0 Å². The summed E-state index contributed by atoms with van der Waals surface area (Å²) < 4.78 is 4.91. The summed E-state index contributed by atoms with van der Waals surface area (Å²) >= 11 is 0. The first-order chi connectivity index (χ1) is 6.65. The molecule has 0 aliphatic carbocycles. The molecular formula is C10H16N2O2. The van der Waals surface area contributed by atoms with Gasteiger partial charge >= 0.3 is 0 Å². The van der Waals surface area contributed by atoms with Gasteiger partial charge in [-0.05, 0) is 12.5 Å². The van der Waals surface area contributed by atoms with Crippen LogP contribution >= 0.6 is 0 Å². The number of hydrogen-bond donors (Lipinski definition) is 1. The molecule has 0 radical (unpaired) electrons. The Morgan fingerprint density at radius 2 is 2.43 bits per heavy atom. The van der Waals surface area contributed by atoms with Crippen molar-refractivity contribution in [3.63, 3.8) is 0 Å². The Hall–Kier alpha value is -1.29. The van der Waals surface area contributed by atoms with Gasteiger partial charge in [-0.2, -0.15) is 0 Å². The summed E-state index contributed by atoms with van der Waals surface area (Å²) in [5.41, 5.74) is 6.61. The second-order valence-corrected chi connectivity index (χ2v) is 3.34. The maximum atomic E-state index is 11.6. The standard InChI is InChI=1S/C10H16N2O2/c1-3-9(11)10(13)12(2)6-8-4-5-14-7-8/h4-5,7,9H,3,6,11H2,1-2H3/t9-/m1/s1. The molecule has 1 atom stereocenters. The van der Waals surface area contributed by atoms with Gasteiger partial charge < -0.3 is 15.1 Å². The monoisotopic (exact) mass is 196 g/mol. The Bertz CT molecular complexity index is 282. The minimum Gasteiger partial charge on any atom is -0.472 e. The molecule has 0 unspecified atom stereocenters. The number of rotatable bonds is 4. The summed E-state index contributed by atoms with van der Waals surface area (Å²) in [4.78, 5) is 13.2. The number of carbonyl (C=O) groups is 1. The van der Waals surface area contributed by atoms with Crippen LogP contribution < -0.4 is 5.73 Å². The van der Waals surface area contributed by atoms with E-state index < -0.39 is 6.04 Å². The molecule has 0 aromatic carbocycles. The SMILES string of the molecule is CC[C@@H](N)C(=O)N(C)Cc1ccoc1. The average molecular weight is 196 g/mol. The molecule has 4 nitrogen and oxygen atoms in total. The van der Waals surface area contributed by atoms with Crippen molar-refractivity contribution in [2.75, 3.05) is 7.05 Å². The normalized spacial score (nSPS) is 12.5. The zero-order chi connectivity index (χ0) is 10.6. The molecule has 0 spiro atoms. The van der Waals surface area contributed by atoms with Crippen LogP contribution in [0.4, 0.5) is 0 Å². The van der Waals surface area contributed by atoms with Crippen LogP contribution in [0.1, 0.15) is 18.9 Å². The van der Waals surface area contributed by atoms with Gasteiger partial charge in [0, 0.05) is 19.2 Å². The van der Waals surface area contributed by atoms with Gasteiger partial charge in [-0.3, -0.25) is 4.79 Å². The van der Waals surface area contributed by atoms with Crippen molar-refractivity contribution < 1.29 is 9.21 Å². The smallest absolute Gasteiger partial charge is 0.239 e. The van der Waals surface area contributed by atoms with Crippen LogP contribution in [0.5, 0.6) is 0 Å². The van der Waals surface area contributed by atoms with Gasteiger partial charge in [0.1, 0.15) is 0 Å². The molecule has 1 heterocycles. The Morgan fingerprint density at radius 1 is 1.71 bits per heavy atom. The van der Waals surface area contributed by atoms with Crippen LogP contribution in [0.3, 0.4) is 0 Å². The first-order valence-corrected chi connectivity index (χ1v) is 4.66. The average Bonchev–Trinajstić information content (AvgIpc) is 2.68. The van der Waals surface area contributed by atoms with Gasteiger partial charge in [-0.15, -0.1) is 0 Å². The molecule has 78 valence electrons. The fraction of sp³-hybridized carbons (Fsp3) is 0.500. The fourth-order valence-electron chi connectivity index (χ4n) is 1.19. The number of carbonyl (C=O) groups excluding carboxylic acids is 1. The van der Waals surface area contributed by atoms with E-state index in [1.54, 1.807) is 24.5 Å². The Morgan fingerprint density at radius 3 is 2.93 bits per heavy atom. The molecule has 1 amide bonds. The Labute approximate surface area is 83.7 Å². The van der Waals surface area contributed by atoms with E-state index in [0.717, 1.165) is 5.56 Å². The van der Waals surface area contributed by atoms with E-state index in [0.29, 0.717) is 13.0 Å². The van der Waals surface area contributed by atoms with E-state index >= 15 is 0 Å². The minimum absolute atomic E-state index is 0.0336. The van der Waals surface area contributed by atoms with Gasteiger partial charge in [0.05, 0.1) is 18.6 Å². The highest BCUT2D eigenvalue weighted by molar-refractivity contribution is 5.81. The third kappa shape index (κ3) is 2.60. The Kier molecular flexibility index (Phi) is 3.71. The molecule has 0 fully saturated rings. The molecule has 2 N–H and O–H groups in total. The van der Waals surface area contributed by atoms with E-state index in [9.17, 15) is 4.79 Å². The van der Waals surface area contributed by atoms with Gasteiger partial charge in [0.15, 0.2) is 0 Å². The maximum absolute atomic E-state index is 11.6. The van der Waals surface area contributed by atoms with E-state index in [-0.39, 0.29) is 5.91 Å². The zero-order valence-corrected chi connectivity index (χ0v) is 8.56. The molecule has 0 aliphatic rings. The third-order valence-corrected chi connectivity index (χ3v) is 2.13. The molecule has 0 saturated carbocycles. The first kappa shape index (κ1) is 10.8. The van der Waals surface area contributed by atoms with Crippen molar-refractivity contribution in [1.82, 2.24) is 4.90 Å². The summed E-state index contributed by atoms with van der Waals surface area (Å²) in [6, 6.07) is 1.44. The number of amides is 1. The third-order valence-electron chi connectivity index (χ3n) is 2.13. The highest BCUT2D eigenvalue weighted by Crippen LogP contribution is 2.05. The van der Waals surface area contributed by atoms with Crippen molar-refractivity contribution in [3.8, 4) is 0 Å². The van der Waals surface area contributed by atoms with Crippen molar-refractivity contribution in [3.05, 3.63) is 24.2 Å². The second kappa shape index (κ2) is 4.81. The summed E-state index contributed by atoms with van der Waals surface area (Å²) in [6.07, 6.45) is 3.88. The maximum Gasteiger partial charge on any atom is 0.239 e. The molecule has 1 aromatic heterocycles. The van der Waals surface area contributed by atoms with Crippen LogP contribution in [0.25, 0.3) is 0 Å². The van der Waals surface area contributed by atoms with Gasteiger partial charge in [-0.25, -0.2) is 0 Å². The summed E-state index contributed by atoms with van der Waals surface area (Å²) in [6.45, 7) is 2.44. The van der Waals surface area contributed by atoms with Crippen molar-refractivity contribution >= 4 is 5.91 Å². The number of nitrogens with zero attached hydrogens (tertiary/aromatic N) is 1. The second-order valence-electron chi connectivity index (χ2n) is 3.34. The minimum atomic E-state index is -0.396. The highest BCUT2D eigenvalue weighted by atomic mass is 16.3. The number of furan rings is 1. The fourth-order valence-corrected chi connectivity index (χ4v) is 1.19. The largest absolute Gasteiger partial charge is 0.472 e. The summed E-state index contributed by atoms with van der Waals surface area (Å²) in [5.74, 6) is -0.0336. The van der Waals surface area contributed by atoms with E-state index in [4.69, 9.17) is 10.2 Å². The van der Waals surface area contributed by atoms with Crippen LogP contribution in [0.2, 0.25) is 0 Å². The van der Waals surface area contributed by atoms with Crippen LogP contribution in [0.15, 0.2) is 23.0 Å². The van der Waals surface area contributed by atoms with Gasteiger partial charge in [0.2, 0.25) is 5.91 Å². The molecule has 0 aliphatic heterocycles. The predicted molar refractivity (Wildman–Crippen MR) is 53.4 cm³/mol. The number of hydrogen-bond acceptors (Lipinski definition) is 3. The van der Waals surface area contributed by atoms with E-state index in [2.05, 4.69) is 0 Å². The molecule has 1 aromatic rings. The van der Waals surface area contributed by atoms with E-state index in [1.807, 2.05) is 13.0 Å². The molecule has 14 heavy (non-hydrogen) atoms. The lowest BCUT2D eigenvalue weighted by Gasteiger charge is -2.19. The number of likely N-dealkylation sites (N-methyl/N-ethyl adjacent to an activating group) is 1. The topological polar surface area (TPSA) is 59.5 Å². The van der Waals surface area contributed by atoms with Crippen molar-refractivity contribution in [1.29, 1.82) is 0 Å². The zero-order valence-electron chi connectivity index (χ0n) is 8.56. The van der Waals surface area contributed by atoms with Gasteiger partial charge in [0.25, 0.3) is 0 Å². The molecule has 1 rings (SSSR count). The number of nitrogens with two attached hydrogens (primary N) is 1. The highest BCUT2D eigenvalue weighted by Gasteiger charge is 2.16. The molecule has 0 bridgehead atoms. The quantitative estimate of drug-likeness (QED) is 0.780. The summed E-state index contributed by atoms with van der Waals surface area (Å²) in [7, 11) is 1.74. The van der Waals surface area contributed by atoms with Gasteiger partial charge in [-0.1, -0.05) is 6.92 Å². The first-order valence-electron chi connectivity index (χ1n) is 4.66. The van der Waals surface area contributed by atoms with Crippen LogP contribution in [-0.4, -0.2) is 23.9 Å². The molecule has 0 saturated heterocycles. The molecular weight excluding hydrogens is 180 g/mol. The Balaban J connectivity index is 2.50. The summed E-state index contributed by atoms with van der Waals surface area (Å²) in [5, 5.41) is 0. The lowest BCUT2D eigenvalue weighted by Crippen LogP contribution is -2.40.